The summed E-state index contributed by atoms with van der Waals surface area (Å²) < 4.78 is 5.91. The number of allylic oxidation sites excluding steroid dienone is 8. The zero-order chi connectivity index (χ0) is 43.8. The normalized spacial score (nSPS) is 13.6. The van der Waals surface area contributed by atoms with Crippen molar-refractivity contribution in [3.63, 3.8) is 0 Å². The number of rotatable bonds is 46. The van der Waals surface area contributed by atoms with Gasteiger partial charge in [0, 0.05) is 6.42 Å². The maximum atomic E-state index is 13.2. The molecule has 0 saturated heterocycles. The molecule has 0 radical (unpaired) electrons. The first-order valence-corrected chi connectivity index (χ1v) is 25.9. The summed E-state index contributed by atoms with van der Waals surface area (Å²) in [4.78, 5) is 26.1. The highest BCUT2D eigenvalue weighted by Crippen LogP contribution is 2.18. The van der Waals surface area contributed by atoms with Crippen molar-refractivity contribution < 1.29 is 24.5 Å². The summed E-state index contributed by atoms with van der Waals surface area (Å²) in [5, 5.41) is 23.8. The van der Waals surface area contributed by atoms with Gasteiger partial charge in [-0.05, 0) is 51.4 Å². The van der Waals surface area contributed by atoms with Gasteiger partial charge >= 0.3 is 5.97 Å². The number of carbonyl (C=O) groups is 2. The van der Waals surface area contributed by atoms with Crippen LogP contribution in [0.1, 0.15) is 258 Å². The number of aliphatic hydroxyl groups excluding tert-OH is 2. The third kappa shape index (κ3) is 42.5. The smallest absolute Gasteiger partial charge is 0.306 e. The zero-order valence-corrected chi connectivity index (χ0v) is 39.8. The predicted octanol–water partition coefficient (Wildman–Crippen LogP) is 15.5. The van der Waals surface area contributed by atoms with Crippen LogP contribution >= 0.6 is 0 Å². The Labute approximate surface area is 372 Å². The van der Waals surface area contributed by atoms with Crippen LogP contribution in [-0.2, 0) is 14.3 Å². The minimum absolute atomic E-state index is 0.0538. The van der Waals surface area contributed by atoms with Crippen LogP contribution in [0, 0.1) is 0 Å². The molecule has 0 rings (SSSR count). The van der Waals surface area contributed by atoms with Gasteiger partial charge in [0.25, 0.3) is 0 Å². The average molecular weight is 842 g/mol. The van der Waals surface area contributed by atoms with Crippen LogP contribution in [-0.4, -0.2) is 46.9 Å². The molecule has 350 valence electrons. The number of ether oxygens (including phenoxy) is 1. The van der Waals surface area contributed by atoms with E-state index in [1.807, 2.05) is 6.08 Å². The molecular formula is C54H99NO5. The summed E-state index contributed by atoms with van der Waals surface area (Å²) in [5.41, 5.74) is 0. The first-order valence-electron chi connectivity index (χ1n) is 25.9. The molecular weight excluding hydrogens is 743 g/mol. The Bertz CT molecular complexity index is 1040. The van der Waals surface area contributed by atoms with Crippen molar-refractivity contribution in [2.45, 2.75) is 277 Å². The molecule has 0 spiro atoms. The number of unbranched alkanes of at least 4 members (excludes halogenated alkanes) is 29. The van der Waals surface area contributed by atoms with Crippen LogP contribution in [0.15, 0.2) is 48.6 Å². The van der Waals surface area contributed by atoms with Gasteiger partial charge in [-0.15, -0.1) is 0 Å². The third-order valence-electron chi connectivity index (χ3n) is 11.8. The lowest BCUT2D eigenvalue weighted by Crippen LogP contribution is -2.46. The Morgan fingerprint density at radius 2 is 0.850 bits per heavy atom. The van der Waals surface area contributed by atoms with E-state index in [2.05, 4.69) is 68.6 Å². The van der Waals surface area contributed by atoms with Crippen LogP contribution in [0.25, 0.3) is 0 Å². The van der Waals surface area contributed by atoms with Crippen LogP contribution < -0.4 is 5.32 Å². The van der Waals surface area contributed by atoms with Gasteiger partial charge in [0.15, 0.2) is 0 Å². The number of hydrogen-bond donors (Lipinski definition) is 3. The lowest BCUT2D eigenvalue weighted by Gasteiger charge is -2.24. The maximum Gasteiger partial charge on any atom is 0.306 e. The van der Waals surface area contributed by atoms with Crippen molar-refractivity contribution in [1.82, 2.24) is 5.32 Å². The molecule has 0 fully saturated rings. The van der Waals surface area contributed by atoms with Crippen LogP contribution in [0.4, 0.5) is 0 Å². The highest BCUT2D eigenvalue weighted by Gasteiger charge is 2.24. The highest BCUT2D eigenvalue weighted by atomic mass is 16.5. The molecule has 0 bridgehead atoms. The van der Waals surface area contributed by atoms with Crippen molar-refractivity contribution >= 4 is 11.9 Å². The lowest BCUT2D eigenvalue weighted by atomic mass is 10.0. The van der Waals surface area contributed by atoms with Gasteiger partial charge in [-0.2, -0.15) is 0 Å². The fourth-order valence-corrected chi connectivity index (χ4v) is 7.80. The summed E-state index contributed by atoms with van der Waals surface area (Å²) in [7, 11) is 0. The predicted molar refractivity (Wildman–Crippen MR) is 259 cm³/mol. The largest absolute Gasteiger partial charge is 0.462 e. The number of aliphatic hydroxyl groups is 2. The molecule has 0 heterocycles. The molecule has 0 aliphatic rings. The van der Waals surface area contributed by atoms with E-state index in [4.69, 9.17) is 4.74 Å². The molecule has 0 aliphatic carbocycles. The summed E-state index contributed by atoms with van der Waals surface area (Å²) in [5.74, 6) is -0.506. The van der Waals surface area contributed by atoms with Crippen molar-refractivity contribution in [2.24, 2.45) is 0 Å². The Morgan fingerprint density at radius 1 is 0.483 bits per heavy atom. The van der Waals surface area contributed by atoms with Gasteiger partial charge in [0.05, 0.1) is 25.2 Å². The molecule has 6 heteroatoms. The van der Waals surface area contributed by atoms with Gasteiger partial charge in [0.1, 0.15) is 6.10 Å². The second-order valence-corrected chi connectivity index (χ2v) is 17.7. The molecule has 3 atom stereocenters. The van der Waals surface area contributed by atoms with Gasteiger partial charge in [-0.1, -0.05) is 243 Å². The number of nitrogens with one attached hydrogen (secondary N) is 1. The molecule has 60 heavy (non-hydrogen) atoms. The molecule has 0 aromatic heterocycles. The van der Waals surface area contributed by atoms with E-state index in [0.29, 0.717) is 19.3 Å². The highest BCUT2D eigenvalue weighted by molar-refractivity contribution is 5.77. The van der Waals surface area contributed by atoms with E-state index < -0.39 is 18.2 Å². The Morgan fingerprint density at radius 3 is 1.32 bits per heavy atom. The van der Waals surface area contributed by atoms with Gasteiger partial charge < -0.3 is 20.3 Å². The third-order valence-corrected chi connectivity index (χ3v) is 11.8. The van der Waals surface area contributed by atoms with E-state index in [0.717, 1.165) is 70.6 Å². The quantitative estimate of drug-likeness (QED) is 0.0322. The summed E-state index contributed by atoms with van der Waals surface area (Å²) in [6, 6.07) is -0.712. The number of amides is 1. The summed E-state index contributed by atoms with van der Waals surface area (Å²) in [6.45, 7) is 6.43. The molecule has 0 saturated carbocycles. The zero-order valence-electron chi connectivity index (χ0n) is 39.8. The van der Waals surface area contributed by atoms with Crippen LogP contribution in [0.5, 0.6) is 0 Å². The van der Waals surface area contributed by atoms with E-state index >= 15 is 0 Å². The maximum absolute atomic E-state index is 13.2. The van der Waals surface area contributed by atoms with Gasteiger partial charge in [-0.3, -0.25) is 9.59 Å². The van der Waals surface area contributed by atoms with Crippen LogP contribution in [0.3, 0.4) is 0 Å². The second kappa shape index (κ2) is 47.9. The number of esters is 1. The van der Waals surface area contributed by atoms with E-state index in [-0.39, 0.29) is 24.9 Å². The van der Waals surface area contributed by atoms with Crippen molar-refractivity contribution in [2.75, 3.05) is 6.61 Å². The molecule has 1 amide bonds. The topological polar surface area (TPSA) is 95.9 Å². The fourth-order valence-electron chi connectivity index (χ4n) is 7.80. The number of hydrogen-bond acceptors (Lipinski definition) is 5. The lowest BCUT2D eigenvalue weighted by molar-refractivity contribution is -0.151. The van der Waals surface area contributed by atoms with Crippen molar-refractivity contribution in [3.8, 4) is 0 Å². The molecule has 6 nitrogen and oxygen atoms in total. The van der Waals surface area contributed by atoms with Crippen LogP contribution in [0.2, 0.25) is 0 Å². The van der Waals surface area contributed by atoms with Gasteiger partial charge in [0.2, 0.25) is 5.91 Å². The Hall–Kier alpha value is -2.18. The minimum Gasteiger partial charge on any atom is -0.462 e. The van der Waals surface area contributed by atoms with E-state index in [1.54, 1.807) is 0 Å². The fraction of sp³-hybridized carbons (Fsp3) is 0.815. The van der Waals surface area contributed by atoms with Gasteiger partial charge in [-0.25, -0.2) is 0 Å². The first kappa shape index (κ1) is 57.8. The monoisotopic (exact) mass is 842 g/mol. The average Bonchev–Trinajstić information content (AvgIpc) is 3.24. The molecule has 0 aliphatic heterocycles. The minimum atomic E-state index is -0.797. The Balaban J connectivity index is 4.64. The van der Waals surface area contributed by atoms with E-state index in [1.165, 1.54) is 141 Å². The standard InChI is InChI=1S/C54H99NO5/c1-4-7-10-13-16-19-22-24-26-27-28-31-33-36-39-42-45-50(60-54(59)47-44-41-38-35-30-21-18-15-12-9-6-3)48-53(58)55-51(49-56)52(57)46-43-40-37-34-32-29-25-23-20-17-14-11-8-5-2/h16,19,22,24,26-28,31,50-52,56-57H,4-15,17-18,20-21,23,25,29-30,32-49H2,1-3H3,(H,55,58)/b19-16+,24-22+,27-26+,31-28+. The SMILES string of the molecule is CCCCC/C=C/C=C/C=C/C=C/CCCCCC(CC(=O)NC(CO)C(O)CCCCCCCCCCCCCCCC)OC(=O)CCCCCCCCCCCCC. The summed E-state index contributed by atoms with van der Waals surface area (Å²) in [6.07, 6.45) is 57.3. The molecule has 3 unspecified atom stereocenters. The number of carbonyl (C=O) groups excluding carboxylic acids is 2. The summed E-state index contributed by atoms with van der Waals surface area (Å²) >= 11 is 0. The molecule has 0 aromatic carbocycles. The van der Waals surface area contributed by atoms with E-state index in [9.17, 15) is 19.8 Å². The van der Waals surface area contributed by atoms with Crippen molar-refractivity contribution in [1.29, 1.82) is 0 Å². The van der Waals surface area contributed by atoms with Crippen molar-refractivity contribution in [3.05, 3.63) is 48.6 Å². The molecule has 3 N–H and O–H groups in total. The second-order valence-electron chi connectivity index (χ2n) is 17.7. The molecule has 0 aromatic rings. The Kier molecular flexibility index (Phi) is 46.1. The first-order chi connectivity index (χ1) is 29.5.